The van der Waals surface area contributed by atoms with Crippen LogP contribution in [0.4, 0.5) is 0 Å². The maximum Gasteiger partial charge on any atom is 0.160 e. The van der Waals surface area contributed by atoms with Crippen LogP contribution < -0.4 is 10.1 Å². The Bertz CT molecular complexity index is 552. The third-order valence-electron chi connectivity index (χ3n) is 2.98. The molecule has 3 heteroatoms. The fourth-order valence-corrected chi connectivity index (χ4v) is 2.01. The zero-order valence-electron chi connectivity index (χ0n) is 11.3. The Balaban J connectivity index is 1.92. The molecule has 0 atom stereocenters. The molecular weight excluding hydrogens is 238 g/mol. The normalized spacial score (nSPS) is 10.4. The predicted molar refractivity (Wildman–Crippen MR) is 76.4 cm³/mol. The molecule has 0 heterocycles. The van der Waals surface area contributed by atoms with Gasteiger partial charge in [-0.25, -0.2) is 0 Å². The Kier molecular flexibility index (Phi) is 4.42. The van der Waals surface area contributed by atoms with Crippen molar-refractivity contribution in [1.82, 2.24) is 5.32 Å². The maximum atomic E-state index is 9.52. The van der Waals surface area contributed by atoms with Crippen molar-refractivity contribution < 1.29 is 9.84 Å². The van der Waals surface area contributed by atoms with Gasteiger partial charge in [-0.1, -0.05) is 35.9 Å². The molecule has 0 aliphatic heterocycles. The second-order valence-electron chi connectivity index (χ2n) is 4.60. The molecule has 0 amide bonds. The molecule has 3 nitrogen and oxygen atoms in total. The molecular formula is C16H19NO2. The quantitative estimate of drug-likeness (QED) is 0.865. The van der Waals surface area contributed by atoms with Gasteiger partial charge in [-0.3, -0.25) is 0 Å². The number of aryl methyl sites for hydroxylation is 1. The van der Waals surface area contributed by atoms with Gasteiger partial charge < -0.3 is 15.2 Å². The second-order valence-corrected chi connectivity index (χ2v) is 4.60. The van der Waals surface area contributed by atoms with Gasteiger partial charge in [0.05, 0.1) is 7.11 Å². The maximum absolute atomic E-state index is 9.52. The average molecular weight is 257 g/mol. The topological polar surface area (TPSA) is 41.5 Å². The lowest BCUT2D eigenvalue weighted by atomic mass is 10.1. The molecule has 0 saturated carbocycles. The molecule has 0 unspecified atom stereocenters. The summed E-state index contributed by atoms with van der Waals surface area (Å²) >= 11 is 0. The monoisotopic (exact) mass is 257 g/mol. The number of aromatic hydroxyl groups is 1. The summed E-state index contributed by atoms with van der Waals surface area (Å²) in [4.78, 5) is 0. The van der Waals surface area contributed by atoms with E-state index in [0.717, 1.165) is 18.7 Å². The van der Waals surface area contributed by atoms with Crippen LogP contribution in [0.15, 0.2) is 42.5 Å². The van der Waals surface area contributed by atoms with Crippen LogP contribution in [0.5, 0.6) is 11.5 Å². The van der Waals surface area contributed by atoms with Gasteiger partial charge in [0.2, 0.25) is 0 Å². The number of hydrogen-bond donors (Lipinski definition) is 2. The summed E-state index contributed by atoms with van der Waals surface area (Å²) in [5, 5.41) is 12.9. The Hall–Kier alpha value is -2.00. The molecule has 0 spiro atoms. The minimum absolute atomic E-state index is 0.171. The average Bonchev–Trinajstić information content (AvgIpc) is 2.41. The number of nitrogens with one attached hydrogen (secondary N) is 1. The SMILES string of the molecule is COc1cc(CNCc2cccc(C)c2)ccc1O. The highest BCUT2D eigenvalue weighted by Gasteiger charge is 2.02. The molecule has 0 fully saturated rings. The molecule has 0 aliphatic rings. The molecule has 0 aromatic heterocycles. The van der Waals surface area contributed by atoms with Gasteiger partial charge in [-0.05, 0) is 30.2 Å². The van der Waals surface area contributed by atoms with Crippen LogP contribution >= 0.6 is 0 Å². The van der Waals surface area contributed by atoms with Gasteiger partial charge in [0.25, 0.3) is 0 Å². The summed E-state index contributed by atoms with van der Waals surface area (Å²) < 4.78 is 5.09. The van der Waals surface area contributed by atoms with Crippen molar-refractivity contribution in [1.29, 1.82) is 0 Å². The molecule has 2 aromatic rings. The van der Waals surface area contributed by atoms with Crippen molar-refractivity contribution in [3.05, 3.63) is 59.2 Å². The van der Waals surface area contributed by atoms with Crippen molar-refractivity contribution in [3.8, 4) is 11.5 Å². The van der Waals surface area contributed by atoms with E-state index in [1.807, 2.05) is 12.1 Å². The highest BCUT2D eigenvalue weighted by Crippen LogP contribution is 2.26. The van der Waals surface area contributed by atoms with E-state index in [-0.39, 0.29) is 5.75 Å². The predicted octanol–water partition coefficient (Wildman–Crippen LogP) is 3.00. The Morgan fingerprint density at radius 2 is 1.79 bits per heavy atom. The third kappa shape index (κ3) is 3.73. The fourth-order valence-electron chi connectivity index (χ4n) is 2.01. The molecule has 19 heavy (non-hydrogen) atoms. The summed E-state index contributed by atoms with van der Waals surface area (Å²) in [6.45, 7) is 3.66. The largest absolute Gasteiger partial charge is 0.504 e. The van der Waals surface area contributed by atoms with Crippen LogP contribution in [0.25, 0.3) is 0 Å². The summed E-state index contributed by atoms with van der Waals surface area (Å²) in [5.74, 6) is 0.680. The number of hydrogen-bond acceptors (Lipinski definition) is 3. The Morgan fingerprint density at radius 1 is 1.05 bits per heavy atom. The van der Waals surface area contributed by atoms with E-state index < -0.39 is 0 Å². The van der Waals surface area contributed by atoms with E-state index in [1.165, 1.54) is 11.1 Å². The van der Waals surface area contributed by atoms with Crippen LogP contribution in [0.1, 0.15) is 16.7 Å². The molecule has 0 radical (unpaired) electrons. The van der Waals surface area contributed by atoms with Crippen LogP contribution in [0.2, 0.25) is 0 Å². The van der Waals surface area contributed by atoms with Gasteiger partial charge in [0, 0.05) is 13.1 Å². The summed E-state index contributed by atoms with van der Waals surface area (Å²) in [5.41, 5.74) is 3.62. The Morgan fingerprint density at radius 3 is 2.47 bits per heavy atom. The lowest BCUT2D eigenvalue weighted by molar-refractivity contribution is 0.373. The van der Waals surface area contributed by atoms with Crippen LogP contribution in [0.3, 0.4) is 0 Å². The minimum Gasteiger partial charge on any atom is -0.504 e. The van der Waals surface area contributed by atoms with E-state index >= 15 is 0 Å². The number of rotatable bonds is 5. The first-order valence-corrected chi connectivity index (χ1v) is 6.31. The molecule has 0 aliphatic carbocycles. The van der Waals surface area contributed by atoms with E-state index in [9.17, 15) is 5.11 Å². The van der Waals surface area contributed by atoms with Gasteiger partial charge in [-0.15, -0.1) is 0 Å². The van der Waals surface area contributed by atoms with Crippen LogP contribution in [0, 0.1) is 6.92 Å². The van der Waals surface area contributed by atoms with Crippen molar-refractivity contribution in [3.63, 3.8) is 0 Å². The molecule has 2 rings (SSSR count). The Labute approximate surface area is 113 Å². The highest BCUT2D eigenvalue weighted by atomic mass is 16.5. The number of benzene rings is 2. The molecule has 0 saturated heterocycles. The summed E-state index contributed by atoms with van der Waals surface area (Å²) in [6, 6.07) is 13.8. The zero-order valence-corrected chi connectivity index (χ0v) is 11.3. The van der Waals surface area contributed by atoms with Gasteiger partial charge >= 0.3 is 0 Å². The molecule has 100 valence electrons. The van der Waals surface area contributed by atoms with E-state index in [2.05, 4.69) is 36.5 Å². The van der Waals surface area contributed by atoms with E-state index in [4.69, 9.17) is 4.74 Å². The van der Waals surface area contributed by atoms with Gasteiger partial charge in [-0.2, -0.15) is 0 Å². The van der Waals surface area contributed by atoms with Gasteiger partial charge in [0.1, 0.15) is 0 Å². The third-order valence-corrected chi connectivity index (χ3v) is 2.98. The summed E-state index contributed by atoms with van der Waals surface area (Å²) in [7, 11) is 1.55. The van der Waals surface area contributed by atoms with Gasteiger partial charge in [0.15, 0.2) is 11.5 Å². The minimum atomic E-state index is 0.171. The van der Waals surface area contributed by atoms with Crippen molar-refractivity contribution in [2.45, 2.75) is 20.0 Å². The molecule has 2 aromatic carbocycles. The number of phenols is 1. The highest BCUT2D eigenvalue weighted by molar-refractivity contribution is 5.41. The standard InChI is InChI=1S/C16H19NO2/c1-12-4-3-5-13(8-12)10-17-11-14-6-7-15(18)16(9-14)19-2/h3-9,17-18H,10-11H2,1-2H3. The smallest absolute Gasteiger partial charge is 0.160 e. The van der Waals surface area contributed by atoms with Crippen molar-refractivity contribution in [2.75, 3.05) is 7.11 Å². The van der Waals surface area contributed by atoms with Crippen LogP contribution in [-0.4, -0.2) is 12.2 Å². The fraction of sp³-hybridized carbons (Fsp3) is 0.250. The first-order chi connectivity index (χ1) is 9.19. The number of phenolic OH excluding ortho intramolecular Hbond substituents is 1. The zero-order chi connectivity index (χ0) is 13.7. The molecule has 2 N–H and O–H groups in total. The van der Waals surface area contributed by atoms with Crippen LogP contribution in [-0.2, 0) is 13.1 Å². The lowest BCUT2D eigenvalue weighted by Crippen LogP contribution is -2.12. The first-order valence-electron chi connectivity index (χ1n) is 6.31. The molecule has 0 bridgehead atoms. The van der Waals surface area contributed by atoms with Crippen molar-refractivity contribution in [2.24, 2.45) is 0 Å². The lowest BCUT2D eigenvalue weighted by Gasteiger charge is -2.08. The van der Waals surface area contributed by atoms with Crippen molar-refractivity contribution >= 4 is 0 Å². The summed E-state index contributed by atoms with van der Waals surface area (Å²) in [6.07, 6.45) is 0. The number of methoxy groups -OCH3 is 1. The number of ether oxygens (including phenoxy) is 1. The second kappa shape index (κ2) is 6.25. The van der Waals surface area contributed by atoms with E-state index in [0.29, 0.717) is 5.75 Å². The first kappa shape index (κ1) is 13.4. The van der Waals surface area contributed by atoms with E-state index in [1.54, 1.807) is 13.2 Å².